The molecule has 2 aromatic carbocycles. The highest BCUT2D eigenvalue weighted by atomic mass is 16.5. The summed E-state index contributed by atoms with van der Waals surface area (Å²) in [7, 11) is 3.08. The van der Waals surface area contributed by atoms with E-state index in [4.69, 9.17) is 9.47 Å². The van der Waals surface area contributed by atoms with Gasteiger partial charge >= 0.3 is 0 Å². The minimum atomic E-state index is -0.221. The van der Waals surface area contributed by atoms with Crippen LogP contribution in [-0.2, 0) is 0 Å². The number of hydrogen-bond acceptors (Lipinski definition) is 4. The van der Waals surface area contributed by atoms with Crippen LogP contribution in [0.5, 0.6) is 11.5 Å². The van der Waals surface area contributed by atoms with Gasteiger partial charge in [0.15, 0.2) is 11.6 Å². The van der Waals surface area contributed by atoms with Gasteiger partial charge in [-0.3, -0.25) is 9.59 Å². The summed E-state index contributed by atoms with van der Waals surface area (Å²) in [6.07, 6.45) is 0. The van der Waals surface area contributed by atoms with Gasteiger partial charge in [-0.25, -0.2) is 0 Å². The van der Waals surface area contributed by atoms with Crippen LogP contribution in [0.1, 0.15) is 33.2 Å². The number of carbonyl (C=O) groups excluding carboxylic acids is 2. The van der Waals surface area contributed by atoms with Crippen LogP contribution in [0.3, 0.4) is 0 Å². The molecule has 0 aromatic heterocycles. The maximum absolute atomic E-state index is 12.6. The summed E-state index contributed by atoms with van der Waals surface area (Å²) >= 11 is 0. The molecule has 0 aliphatic carbocycles. The Balaban J connectivity index is 2.47. The van der Waals surface area contributed by atoms with Crippen LogP contribution in [0.2, 0.25) is 0 Å². The van der Waals surface area contributed by atoms with Crippen LogP contribution in [0.4, 0.5) is 0 Å². The number of benzene rings is 2. The second kappa shape index (κ2) is 6.22. The first-order valence-corrected chi connectivity index (χ1v) is 6.44. The van der Waals surface area contributed by atoms with Crippen LogP contribution in [-0.4, -0.2) is 25.8 Å². The molecule has 0 N–H and O–H groups in total. The monoisotopic (exact) mass is 284 g/mol. The average molecular weight is 284 g/mol. The molecular formula is C17H16O4. The molecule has 0 spiro atoms. The maximum atomic E-state index is 12.6. The lowest BCUT2D eigenvalue weighted by Crippen LogP contribution is -2.08. The third-order valence-electron chi connectivity index (χ3n) is 3.20. The van der Waals surface area contributed by atoms with Crippen molar-refractivity contribution in [2.75, 3.05) is 14.2 Å². The zero-order chi connectivity index (χ0) is 15.4. The number of methoxy groups -OCH3 is 2. The third-order valence-corrected chi connectivity index (χ3v) is 3.20. The normalized spacial score (nSPS) is 10.0. The second-order valence-electron chi connectivity index (χ2n) is 4.53. The fourth-order valence-electron chi connectivity index (χ4n) is 2.04. The van der Waals surface area contributed by atoms with E-state index < -0.39 is 0 Å². The Bertz CT molecular complexity index is 672. The largest absolute Gasteiger partial charge is 0.497 e. The summed E-state index contributed by atoms with van der Waals surface area (Å²) in [5.74, 6) is 0.831. The highest BCUT2D eigenvalue weighted by molar-refractivity contribution is 6.15. The first-order chi connectivity index (χ1) is 10.1. The number of ether oxygens (including phenoxy) is 2. The fourth-order valence-corrected chi connectivity index (χ4v) is 2.04. The van der Waals surface area contributed by atoms with Crippen molar-refractivity contribution >= 4 is 11.6 Å². The summed E-state index contributed by atoms with van der Waals surface area (Å²) in [4.78, 5) is 24.3. The van der Waals surface area contributed by atoms with Crippen molar-refractivity contribution in [1.82, 2.24) is 0 Å². The molecule has 0 saturated heterocycles. The first-order valence-electron chi connectivity index (χ1n) is 6.44. The molecule has 0 atom stereocenters. The van der Waals surface area contributed by atoms with Gasteiger partial charge in [-0.05, 0) is 49.4 Å². The Morgan fingerprint density at radius 3 is 1.90 bits per heavy atom. The van der Waals surface area contributed by atoms with Crippen molar-refractivity contribution < 1.29 is 19.1 Å². The Morgan fingerprint density at radius 2 is 1.38 bits per heavy atom. The zero-order valence-corrected chi connectivity index (χ0v) is 12.2. The van der Waals surface area contributed by atoms with Gasteiger partial charge in [0.25, 0.3) is 0 Å². The van der Waals surface area contributed by atoms with Gasteiger partial charge in [0, 0.05) is 16.7 Å². The van der Waals surface area contributed by atoms with Crippen molar-refractivity contribution in [2.45, 2.75) is 6.92 Å². The molecule has 4 nitrogen and oxygen atoms in total. The predicted octanol–water partition coefficient (Wildman–Crippen LogP) is 3.14. The summed E-state index contributed by atoms with van der Waals surface area (Å²) in [5.41, 5.74) is 1.22. The Kier molecular flexibility index (Phi) is 4.38. The van der Waals surface area contributed by atoms with Crippen LogP contribution in [0.25, 0.3) is 0 Å². The lowest BCUT2D eigenvalue weighted by Gasteiger charge is -2.09. The van der Waals surface area contributed by atoms with E-state index in [1.807, 2.05) is 0 Å². The van der Waals surface area contributed by atoms with Crippen LogP contribution < -0.4 is 9.47 Å². The number of rotatable bonds is 5. The second-order valence-corrected chi connectivity index (χ2v) is 4.53. The van der Waals surface area contributed by atoms with Gasteiger partial charge in [0.1, 0.15) is 11.5 Å². The van der Waals surface area contributed by atoms with Gasteiger partial charge < -0.3 is 9.47 Å². The molecule has 0 radical (unpaired) electrons. The van der Waals surface area contributed by atoms with E-state index in [2.05, 4.69) is 0 Å². The molecule has 0 aliphatic rings. The van der Waals surface area contributed by atoms with Crippen molar-refractivity contribution in [3.63, 3.8) is 0 Å². The third kappa shape index (κ3) is 3.11. The predicted molar refractivity (Wildman–Crippen MR) is 79.4 cm³/mol. The molecule has 0 heterocycles. The summed E-state index contributed by atoms with van der Waals surface area (Å²) < 4.78 is 10.2. The van der Waals surface area contributed by atoms with E-state index in [0.717, 1.165) is 0 Å². The summed E-state index contributed by atoms with van der Waals surface area (Å²) in [5, 5.41) is 0. The quantitative estimate of drug-likeness (QED) is 0.791. The Morgan fingerprint density at radius 1 is 0.810 bits per heavy atom. The molecule has 2 rings (SSSR count). The SMILES string of the molecule is COc1ccc(C(=O)c2cc(OC)ccc2C(C)=O)cc1. The molecule has 0 unspecified atom stereocenters. The standard InChI is InChI=1S/C17H16O4/c1-11(18)15-9-8-14(21-3)10-16(15)17(19)12-4-6-13(20-2)7-5-12/h4-10H,1-3H3. The first kappa shape index (κ1) is 14.8. The molecule has 2 aromatic rings. The Labute approximate surface area is 123 Å². The van der Waals surface area contributed by atoms with Crippen molar-refractivity contribution in [3.8, 4) is 11.5 Å². The number of hydrogen-bond donors (Lipinski definition) is 0. The Hall–Kier alpha value is -2.62. The van der Waals surface area contributed by atoms with E-state index in [-0.39, 0.29) is 11.6 Å². The molecular weight excluding hydrogens is 268 g/mol. The van der Waals surface area contributed by atoms with E-state index >= 15 is 0 Å². The van der Waals surface area contributed by atoms with Gasteiger partial charge in [0.2, 0.25) is 0 Å². The van der Waals surface area contributed by atoms with Gasteiger partial charge in [-0.2, -0.15) is 0 Å². The zero-order valence-electron chi connectivity index (χ0n) is 12.2. The smallest absolute Gasteiger partial charge is 0.193 e. The number of ketones is 2. The highest BCUT2D eigenvalue weighted by Crippen LogP contribution is 2.22. The molecule has 108 valence electrons. The maximum Gasteiger partial charge on any atom is 0.193 e. The molecule has 0 bridgehead atoms. The molecule has 0 aliphatic heterocycles. The number of Topliss-reactive ketones (excluding diaryl/α,β-unsaturated/α-hetero) is 1. The summed E-state index contributed by atoms with van der Waals surface area (Å²) in [6, 6.07) is 11.6. The van der Waals surface area contributed by atoms with Gasteiger partial charge in [-0.1, -0.05) is 0 Å². The lowest BCUT2D eigenvalue weighted by molar-refractivity contribution is 0.0990. The number of carbonyl (C=O) groups is 2. The van der Waals surface area contributed by atoms with E-state index in [1.54, 1.807) is 49.6 Å². The summed E-state index contributed by atoms with van der Waals surface area (Å²) in [6.45, 7) is 1.44. The van der Waals surface area contributed by atoms with Crippen molar-refractivity contribution in [1.29, 1.82) is 0 Å². The van der Waals surface area contributed by atoms with Crippen molar-refractivity contribution in [2.24, 2.45) is 0 Å². The van der Waals surface area contributed by atoms with Crippen LogP contribution in [0.15, 0.2) is 42.5 Å². The minimum Gasteiger partial charge on any atom is -0.497 e. The van der Waals surface area contributed by atoms with Gasteiger partial charge in [-0.15, -0.1) is 0 Å². The highest BCUT2D eigenvalue weighted by Gasteiger charge is 2.17. The van der Waals surface area contributed by atoms with E-state index in [9.17, 15) is 9.59 Å². The molecule has 4 heteroatoms. The van der Waals surface area contributed by atoms with Crippen LogP contribution >= 0.6 is 0 Å². The topological polar surface area (TPSA) is 52.6 Å². The van der Waals surface area contributed by atoms with Gasteiger partial charge in [0.05, 0.1) is 14.2 Å². The van der Waals surface area contributed by atoms with Crippen molar-refractivity contribution in [3.05, 3.63) is 59.2 Å². The van der Waals surface area contributed by atoms with Crippen LogP contribution in [0, 0.1) is 0 Å². The molecule has 0 saturated carbocycles. The van der Waals surface area contributed by atoms with E-state index in [0.29, 0.717) is 28.2 Å². The average Bonchev–Trinajstić information content (AvgIpc) is 2.53. The lowest BCUT2D eigenvalue weighted by atomic mass is 9.96. The molecule has 21 heavy (non-hydrogen) atoms. The molecule has 0 amide bonds. The fraction of sp³-hybridized carbons (Fsp3) is 0.176. The molecule has 0 fully saturated rings. The van der Waals surface area contributed by atoms with E-state index in [1.165, 1.54) is 14.0 Å². The minimum absolute atomic E-state index is 0.158.